The highest BCUT2D eigenvalue weighted by Gasteiger charge is 2.05. The van der Waals surface area contributed by atoms with Gasteiger partial charge in [-0.25, -0.2) is 9.97 Å². The first-order valence-corrected chi connectivity index (χ1v) is 5.30. The summed E-state index contributed by atoms with van der Waals surface area (Å²) >= 11 is 0. The van der Waals surface area contributed by atoms with Crippen molar-refractivity contribution in [1.82, 2.24) is 20.2 Å². The lowest BCUT2D eigenvalue weighted by molar-refractivity contribution is 0.742. The zero-order valence-electron chi connectivity index (χ0n) is 8.82. The Hall–Kier alpha value is -1.65. The van der Waals surface area contributed by atoms with Crippen molar-refractivity contribution in [3.05, 3.63) is 12.4 Å². The summed E-state index contributed by atoms with van der Waals surface area (Å²) in [5.74, 6) is 0.800. The number of aromatic amines is 1. The molecule has 5 nitrogen and oxygen atoms in total. The SMILES string of the molecule is CCCCCNc1n[nH]c2nccnc12. The molecular weight excluding hydrogens is 190 g/mol. The summed E-state index contributed by atoms with van der Waals surface area (Å²) in [6.07, 6.45) is 6.95. The minimum Gasteiger partial charge on any atom is -0.367 e. The molecule has 5 heteroatoms. The van der Waals surface area contributed by atoms with Crippen LogP contribution in [0.2, 0.25) is 0 Å². The molecule has 2 N–H and O–H groups in total. The third kappa shape index (κ3) is 2.23. The highest BCUT2D eigenvalue weighted by Crippen LogP contribution is 2.14. The van der Waals surface area contributed by atoms with E-state index in [9.17, 15) is 0 Å². The number of hydrogen-bond acceptors (Lipinski definition) is 4. The van der Waals surface area contributed by atoms with Crippen LogP contribution in [0.15, 0.2) is 12.4 Å². The average molecular weight is 205 g/mol. The van der Waals surface area contributed by atoms with Crippen molar-refractivity contribution in [3.8, 4) is 0 Å². The molecule has 2 heterocycles. The summed E-state index contributed by atoms with van der Waals surface area (Å²) in [5, 5.41) is 10.2. The number of H-pyrrole nitrogens is 1. The first-order valence-electron chi connectivity index (χ1n) is 5.30. The van der Waals surface area contributed by atoms with Gasteiger partial charge in [-0.3, -0.25) is 5.10 Å². The Balaban J connectivity index is 2.02. The van der Waals surface area contributed by atoms with Crippen molar-refractivity contribution in [2.45, 2.75) is 26.2 Å². The number of rotatable bonds is 5. The molecule has 80 valence electrons. The van der Waals surface area contributed by atoms with E-state index in [0.29, 0.717) is 0 Å². The molecule has 2 rings (SSSR count). The predicted molar refractivity (Wildman–Crippen MR) is 59.7 cm³/mol. The minimum absolute atomic E-state index is 0.732. The molecule has 0 aliphatic carbocycles. The van der Waals surface area contributed by atoms with Gasteiger partial charge in [-0.2, -0.15) is 5.10 Å². The maximum absolute atomic E-state index is 4.22. The van der Waals surface area contributed by atoms with Crippen LogP contribution in [0.25, 0.3) is 11.2 Å². The van der Waals surface area contributed by atoms with E-state index < -0.39 is 0 Å². The number of fused-ring (bicyclic) bond motifs is 1. The second-order valence-electron chi connectivity index (χ2n) is 3.46. The number of nitrogens with zero attached hydrogens (tertiary/aromatic N) is 3. The second-order valence-corrected chi connectivity index (χ2v) is 3.46. The van der Waals surface area contributed by atoms with Gasteiger partial charge in [0.2, 0.25) is 0 Å². The summed E-state index contributed by atoms with van der Waals surface area (Å²) < 4.78 is 0. The molecule has 0 atom stereocenters. The van der Waals surface area contributed by atoms with Crippen LogP contribution in [0.1, 0.15) is 26.2 Å². The normalized spacial score (nSPS) is 10.7. The van der Waals surface area contributed by atoms with E-state index >= 15 is 0 Å². The second kappa shape index (κ2) is 4.72. The first kappa shape index (κ1) is 9.89. The number of unbranched alkanes of at least 4 members (excludes halogenated alkanes) is 2. The Labute approximate surface area is 88.3 Å². The van der Waals surface area contributed by atoms with Crippen molar-refractivity contribution in [2.75, 3.05) is 11.9 Å². The average Bonchev–Trinajstić information content (AvgIpc) is 2.68. The van der Waals surface area contributed by atoms with Gasteiger partial charge in [0, 0.05) is 18.9 Å². The van der Waals surface area contributed by atoms with Crippen LogP contribution in [0.4, 0.5) is 5.82 Å². The maximum Gasteiger partial charge on any atom is 0.176 e. The first-order chi connectivity index (χ1) is 7.42. The van der Waals surface area contributed by atoms with Crippen molar-refractivity contribution in [2.24, 2.45) is 0 Å². The van der Waals surface area contributed by atoms with Crippen LogP contribution in [0, 0.1) is 0 Å². The molecule has 0 spiro atoms. The van der Waals surface area contributed by atoms with Gasteiger partial charge in [-0.15, -0.1) is 0 Å². The zero-order valence-corrected chi connectivity index (χ0v) is 8.82. The van der Waals surface area contributed by atoms with Gasteiger partial charge in [-0.05, 0) is 6.42 Å². The van der Waals surface area contributed by atoms with E-state index in [1.165, 1.54) is 12.8 Å². The van der Waals surface area contributed by atoms with Gasteiger partial charge in [-0.1, -0.05) is 19.8 Å². The standard InChI is InChI=1S/C10H15N5/c1-2-3-4-5-12-9-8-10(15-14-9)13-7-6-11-8/h6-7H,2-5H2,1H3,(H2,12,13,14,15). The minimum atomic E-state index is 0.732. The molecule has 0 aliphatic heterocycles. The van der Waals surface area contributed by atoms with Crippen molar-refractivity contribution in [3.63, 3.8) is 0 Å². The summed E-state index contributed by atoms with van der Waals surface area (Å²) in [5.41, 5.74) is 1.55. The topological polar surface area (TPSA) is 66.5 Å². The molecule has 0 amide bonds. The summed E-state index contributed by atoms with van der Waals surface area (Å²) in [6.45, 7) is 3.12. The Morgan fingerprint density at radius 3 is 3.00 bits per heavy atom. The maximum atomic E-state index is 4.22. The highest BCUT2D eigenvalue weighted by atomic mass is 15.2. The lowest BCUT2D eigenvalue weighted by Gasteiger charge is -2.01. The molecule has 0 aliphatic rings. The molecule has 2 aromatic rings. The van der Waals surface area contributed by atoms with Crippen LogP contribution in [0.5, 0.6) is 0 Å². The molecule has 0 saturated carbocycles. The van der Waals surface area contributed by atoms with Crippen LogP contribution in [-0.2, 0) is 0 Å². The fraction of sp³-hybridized carbons (Fsp3) is 0.500. The van der Waals surface area contributed by atoms with Gasteiger partial charge < -0.3 is 5.32 Å². The fourth-order valence-corrected chi connectivity index (χ4v) is 1.46. The van der Waals surface area contributed by atoms with E-state index in [2.05, 4.69) is 32.4 Å². The van der Waals surface area contributed by atoms with Crippen molar-refractivity contribution < 1.29 is 0 Å². The van der Waals surface area contributed by atoms with Gasteiger partial charge in [0.1, 0.15) is 0 Å². The largest absolute Gasteiger partial charge is 0.367 e. The number of anilines is 1. The van der Waals surface area contributed by atoms with Crippen molar-refractivity contribution >= 4 is 17.0 Å². The van der Waals surface area contributed by atoms with Crippen LogP contribution in [0.3, 0.4) is 0 Å². The van der Waals surface area contributed by atoms with Crippen LogP contribution in [-0.4, -0.2) is 26.7 Å². The molecule has 0 radical (unpaired) electrons. The molecule has 15 heavy (non-hydrogen) atoms. The van der Waals surface area contributed by atoms with Gasteiger partial charge in [0.25, 0.3) is 0 Å². The zero-order chi connectivity index (χ0) is 10.5. The Morgan fingerprint density at radius 1 is 1.27 bits per heavy atom. The number of hydrogen-bond donors (Lipinski definition) is 2. The lowest BCUT2D eigenvalue weighted by Crippen LogP contribution is -2.02. The molecule has 0 unspecified atom stereocenters. The number of aromatic nitrogens is 4. The smallest absolute Gasteiger partial charge is 0.176 e. The summed E-state index contributed by atoms with van der Waals surface area (Å²) in [4.78, 5) is 8.35. The van der Waals surface area contributed by atoms with E-state index in [-0.39, 0.29) is 0 Å². The summed E-state index contributed by atoms with van der Waals surface area (Å²) in [7, 11) is 0. The molecular formula is C10H15N5. The number of nitrogens with one attached hydrogen (secondary N) is 2. The molecule has 2 aromatic heterocycles. The third-order valence-electron chi connectivity index (χ3n) is 2.27. The van der Waals surface area contributed by atoms with Crippen molar-refractivity contribution in [1.29, 1.82) is 0 Å². The fourth-order valence-electron chi connectivity index (χ4n) is 1.46. The Bertz CT molecular complexity index is 422. The third-order valence-corrected chi connectivity index (χ3v) is 2.27. The summed E-state index contributed by atoms with van der Waals surface area (Å²) in [6, 6.07) is 0. The van der Waals surface area contributed by atoms with Crippen LogP contribution >= 0.6 is 0 Å². The van der Waals surface area contributed by atoms with E-state index in [0.717, 1.165) is 29.9 Å². The molecule has 0 fully saturated rings. The molecule has 0 bridgehead atoms. The van der Waals surface area contributed by atoms with Gasteiger partial charge >= 0.3 is 0 Å². The quantitative estimate of drug-likeness (QED) is 0.732. The lowest BCUT2D eigenvalue weighted by atomic mass is 10.2. The van der Waals surface area contributed by atoms with Gasteiger partial charge in [0.05, 0.1) is 0 Å². The predicted octanol–water partition coefficient (Wildman–Crippen LogP) is 1.95. The van der Waals surface area contributed by atoms with E-state index in [4.69, 9.17) is 0 Å². The van der Waals surface area contributed by atoms with E-state index in [1.807, 2.05) is 0 Å². The van der Waals surface area contributed by atoms with Gasteiger partial charge in [0.15, 0.2) is 17.0 Å². The molecule has 0 aromatic carbocycles. The Morgan fingerprint density at radius 2 is 2.13 bits per heavy atom. The monoisotopic (exact) mass is 205 g/mol. The molecule has 0 saturated heterocycles. The highest BCUT2D eigenvalue weighted by molar-refractivity contribution is 5.82. The Kier molecular flexibility index (Phi) is 3.11. The van der Waals surface area contributed by atoms with E-state index in [1.54, 1.807) is 12.4 Å². The van der Waals surface area contributed by atoms with Crippen LogP contribution < -0.4 is 5.32 Å².